The SMILES string of the molecule is Cc1ccc2c(c1)[C@]1(CCCC(=O)O)CCN(CC3CC3)[C@H](C2)[C@@H]1C. The maximum absolute atomic E-state index is 11.1. The van der Waals surface area contributed by atoms with Gasteiger partial charge in [-0.25, -0.2) is 0 Å². The van der Waals surface area contributed by atoms with E-state index in [2.05, 4.69) is 36.9 Å². The highest BCUT2D eigenvalue weighted by Crippen LogP contribution is 2.52. The van der Waals surface area contributed by atoms with Gasteiger partial charge in [-0.15, -0.1) is 0 Å². The van der Waals surface area contributed by atoms with Gasteiger partial charge in [-0.05, 0) is 75.0 Å². The minimum atomic E-state index is -0.660. The molecule has 1 N–H and O–H groups in total. The quantitative estimate of drug-likeness (QED) is 0.844. The first-order valence-corrected chi connectivity index (χ1v) is 10.1. The van der Waals surface area contributed by atoms with Crippen molar-refractivity contribution >= 4 is 5.97 Å². The van der Waals surface area contributed by atoms with Crippen LogP contribution in [0.25, 0.3) is 0 Å². The van der Waals surface area contributed by atoms with Crippen molar-refractivity contribution < 1.29 is 9.90 Å². The van der Waals surface area contributed by atoms with Crippen LogP contribution >= 0.6 is 0 Å². The van der Waals surface area contributed by atoms with E-state index in [-0.39, 0.29) is 5.41 Å². The number of hydrogen-bond donors (Lipinski definition) is 1. The molecule has 1 aromatic rings. The van der Waals surface area contributed by atoms with Crippen molar-refractivity contribution in [3.8, 4) is 0 Å². The van der Waals surface area contributed by atoms with Gasteiger partial charge in [0.15, 0.2) is 0 Å². The zero-order chi connectivity index (χ0) is 17.6. The standard InChI is InChI=1S/C22H31NO2/c1-15-5-8-18-13-20-16(2)22(19(18)12-15,9-3-4-21(24)25)10-11-23(20)14-17-6-7-17/h5,8,12,16-17,20H,3-4,6-7,9-11,13-14H2,1-2H3,(H,24,25)/t16-,20+,22+/m0/s1. The Bertz CT molecular complexity index is 666. The van der Waals surface area contributed by atoms with Gasteiger partial charge in [-0.2, -0.15) is 0 Å². The Morgan fingerprint density at radius 3 is 2.88 bits per heavy atom. The lowest BCUT2D eigenvalue weighted by Crippen LogP contribution is -2.59. The molecule has 1 saturated carbocycles. The molecule has 0 aromatic heterocycles. The predicted octanol–water partition coefficient (Wildman–Crippen LogP) is 4.16. The molecule has 0 spiro atoms. The fourth-order valence-corrected chi connectivity index (χ4v) is 5.57. The number of carboxylic acids is 1. The van der Waals surface area contributed by atoms with E-state index in [1.807, 2.05) is 0 Å². The van der Waals surface area contributed by atoms with Gasteiger partial charge >= 0.3 is 5.97 Å². The number of benzene rings is 1. The van der Waals surface area contributed by atoms with Crippen LogP contribution in [0.1, 0.15) is 62.1 Å². The lowest BCUT2D eigenvalue weighted by Gasteiger charge is -2.56. The first-order chi connectivity index (χ1) is 12.0. The van der Waals surface area contributed by atoms with Crippen LogP contribution in [0, 0.1) is 18.8 Å². The van der Waals surface area contributed by atoms with Gasteiger partial charge in [-0.3, -0.25) is 9.69 Å². The highest BCUT2D eigenvalue weighted by Gasteiger charge is 2.51. The summed E-state index contributed by atoms with van der Waals surface area (Å²) in [6.45, 7) is 7.09. The van der Waals surface area contributed by atoms with E-state index >= 15 is 0 Å². The summed E-state index contributed by atoms with van der Waals surface area (Å²) in [5, 5.41) is 9.11. The fourth-order valence-electron chi connectivity index (χ4n) is 5.57. The van der Waals surface area contributed by atoms with Crippen molar-refractivity contribution in [2.24, 2.45) is 11.8 Å². The van der Waals surface area contributed by atoms with Crippen LogP contribution in [0.2, 0.25) is 0 Å². The summed E-state index contributed by atoms with van der Waals surface area (Å²) in [6, 6.07) is 7.63. The molecular formula is C22H31NO2. The lowest BCUT2D eigenvalue weighted by atomic mass is 9.56. The molecule has 1 aromatic carbocycles. The van der Waals surface area contributed by atoms with Crippen LogP contribution < -0.4 is 0 Å². The van der Waals surface area contributed by atoms with E-state index in [1.165, 1.54) is 55.5 Å². The van der Waals surface area contributed by atoms with Gasteiger partial charge in [0.1, 0.15) is 0 Å². The normalized spacial score (nSPS) is 31.6. The monoisotopic (exact) mass is 341 g/mol. The molecule has 0 unspecified atom stereocenters. The molecular weight excluding hydrogens is 310 g/mol. The molecule has 136 valence electrons. The molecule has 3 nitrogen and oxygen atoms in total. The number of fused-ring (bicyclic) bond motifs is 4. The van der Waals surface area contributed by atoms with Gasteiger partial charge in [0.25, 0.3) is 0 Å². The Morgan fingerprint density at radius 1 is 1.36 bits per heavy atom. The number of rotatable bonds is 6. The van der Waals surface area contributed by atoms with Crippen LogP contribution in [0.15, 0.2) is 18.2 Å². The van der Waals surface area contributed by atoms with Gasteiger partial charge in [0, 0.05) is 24.4 Å². The highest BCUT2D eigenvalue weighted by molar-refractivity contribution is 5.66. The number of likely N-dealkylation sites (tertiary alicyclic amines) is 1. The van der Waals surface area contributed by atoms with E-state index < -0.39 is 5.97 Å². The third-order valence-corrected chi connectivity index (χ3v) is 7.20. The van der Waals surface area contributed by atoms with Crippen LogP contribution in [-0.4, -0.2) is 35.1 Å². The summed E-state index contributed by atoms with van der Waals surface area (Å²) >= 11 is 0. The lowest BCUT2D eigenvalue weighted by molar-refractivity contribution is -0.137. The van der Waals surface area contributed by atoms with Crippen molar-refractivity contribution in [2.75, 3.05) is 13.1 Å². The average Bonchev–Trinajstić information content (AvgIpc) is 3.37. The number of carboxylic acid groups (broad SMARTS) is 1. The van der Waals surface area contributed by atoms with Crippen molar-refractivity contribution in [2.45, 2.75) is 70.3 Å². The molecule has 3 heteroatoms. The van der Waals surface area contributed by atoms with Crippen LogP contribution in [0.5, 0.6) is 0 Å². The Balaban J connectivity index is 1.66. The second-order valence-corrected chi connectivity index (χ2v) is 8.81. The van der Waals surface area contributed by atoms with E-state index in [1.54, 1.807) is 0 Å². The summed E-state index contributed by atoms with van der Waals surface area (Å²) in [7, 11) is 0. The number of piperidine rings is 1. The zero-order valence-corrected chi connectivity index (χ0v) is 15.6. The third kappa shape index (κ3) is 3.12. The molecule has 2 aliphatic carbocycles. The fraction of sp³-hybridized carbons (Fsp3) is 0.682. The second kappa shape index (κ2) is 6.42. The van der Waals surface area contributed by atoms with E-state index in [0.717, 1.165) is 18.8 Å². The molecule has 3 aliphatic rings. The van der Waals surface area contributed by atoms with Crippen molar-refractivity contribution in [3.63, 3.8) is 0 Å². The number of carbonyl (C=O) groups is 1. The van der Waals surface area contributed by atoms with Crippen molar-refractivity contribution in [1.29, 1.82) is 0 Å². The molecule has 2 fully saturated rings. The first kappa shape index (κ1) is 17.1. The van der Waals surface area contributed by atoms with Gasteiger partial charge in [0.05, 0.1) is 0 Å². The van der Waals surface area contributed by atoms with E-state index in [4.69, 9.17) is 5.11 Å². The van der Waals surface area contributed by atoms with E-state index in [9.17, 15) is 4.79 Å². The molecule has 4 rings (SSSR count). The average molecular weight is 341 g/mol. The topological polar surface area (TPSA) is 40.5 Å². The molecule has 1 heterocycles. The molecule has 1 aliphatic heterocycles. The second-order valence-electron chi connectivity index (χ2n) is 8.81. The smallest absolute Gasteiger partial charge is 0.303 e. The molecule has 25 heavy (non-hydrogen) atoms. The number of aliphatic carboxylic acids is 1. The molecule has 0 radical (unpaired) electrons. The highest BCUT2D eigenvalue weighted by atomic mass is 16.4. The Kier molecular flexibility index (Phi) is 4.39. The Hall–Kier alpha value is -1.35. The molecule has 3 atom stereocenters. The van der Waals surface area contributed by atoms with Gasteiger partial charge in [0.2, 0.25) is 0 Å². The maximum atomic E-state index is 11.1. The Morgan fingerprint density at radius 2 is 2.16 bits per heavy atom. The first-order valence-electron chi connectivity index (χ1n) is 10.1. The third-order valence-electron chi connectivity index (χ3n) is 7.20. The van der Waals surface area contributed by atoms with Gasteiger partial charge in [-0.1, -0.05) is 30.7 Å². The summed E-state index contributed by atoms with van der Waals surface area (Å²) in [4.78, 5) is 13.8. The summed E-state index contributed by atoms with van der Waals surface area (Å²) in [6.07, 6.45) is 7.30. The van der Waals surface area contributed by atoms with E-state index in [0.29, 0.717) is 18.4 Å². The number of nitrogens with zero attached hydrogens (tertiary/aromatic N) is 1. The molecule has 1 saturated heterocycles. The van der Waals surface area contributed by atoms with Crippen molar-refractivity contribution in [1.82, 2.24) is 4.90 Å². The largest absolute Gasteiger partial charge is 0.481 e. The molecule has 0 amide bonds. The molecule has 2 bridgehead atoms. The van der Waals surface area contributed by atoms with Crippen molar-refractivity contribution in [3.05, 3.63) is 34.9 Å². The van der Waals surface area contributed by atoms with Crippen LogP contribution in [-0.2, 0) is 16.6 Å². The minimum Gasteiger partial charge on any atom is -0.481 e. The summed E-state index contributed by atoms with van der Waals surface area (Å²) in [5.41, 5.74) is 4.57. The zero-order valence-electron chi connectivity index (χ0n) is 15.6. The number of aryl methyl sites for hydroxylation is 1. The summed E-state index contributed by atoms with van der Waals surface area (Å²) < 4.78 is 0. The van der Waals surface area contributed by atoms with Crippen LogP contribution in [0.3, 0.4) is 0 Å². The number of hydrogen-bond acceptors (Lipinski definition) is 2. The Labute approximate surface area is 151 Å². The van der Waals surface area contributed by atoms with Gasteiger partial charge < -0.3 is 5.11 Å². The predicted molar refractivity (Wildman–Crippen MR) is 99.9 cm³/mol. The summed E-state index contributed by atoms with van der Waals surface area (Å²) in [5.74, 6) is 0.890. The minimum absolute atomic E-state index is 0.180. The maximum Gasteiger partial charge on any atom is 0.303 e. The van der Waals surface area contributed by atoms with Crippen LogP contribution in [0.4, 0.5) is 0 Å².